The average molecular weight is 300 g/mol. The van der Waals surface area contributed by atoms with Gasteiger partial charge in [-0.15, -0.1) is 0 Å². The van der Waals surface area contributed by atoms with Crippen molar-refractivity contribution in [1.29, 1.82) is 0 Å². The fraction of sp³-hybridized carbons (Fsp3) is 0.786. The maximum absolute atomic E-state index is 12.4. The van der Waals surface area contributed by atoms with Crippen LogP contribution in [0.5, 0.6) is 0 Å². The van der Waals surface area contributed by atoms with Crippen LogP contribution in [0.25, 0.3) is 0 Å². The molecule has 1 N–H and O–H groups in total. The van der Waals surface area contributed by atoms with Crippen LogP contribution in [0, 0.1) is 5.92 Å². The molecule has 0 spiro atoms. The number of carbonyl (C=O) groups excluding carboxylic acids is 2. The van der Waals surface area contributed by atoms with Crippen LogP contribution in [0.3, 0.4) is 0 Å². The van der Waals surface area contributed by atoms with Crippen LogP contribution in [0.2, 0.25) is 0 Å². The quantitative estimate of drug-likeness (QED) is 0.770. The van der Waals surface area contributed by atoms with Gasteiger partial charge in [-0.3, -0.25) is 9.59 Å². The number of hydrogen-bond donors (Lipinski definition) is 1. The molecule has 120 valence electrons. The van der Waals surface area contributed by atoms with Crippen molar-refractivity contribution in [2.45, 2.75) is 39.2 Å². The fourth-order valence-electron chi connectivity index (χ4n) is 2.43. The highest BCUT2D eigenvalue weighted by molar-refractivity contribution is 5.81. The minimum Gasteiger partial charge on any atom is -0.481 e. The monoisotopic (exact) mass is 300 g/mol. The van der Waals surface area contributed by atoms with Crippen LogP contribution in [0.4, 0.5) is 4.79 Å². The molecule has 7 nitrogen and oxygen atoms in total. The Labute approximate surface area is 124 Å². The molecule has 1 heterocycles. The Hall–Kier alpha value is -1.79. The summed E-state index contributed by atoms with van der Waals surface area (Å²) in [6.45, 7) is 4.68. The number of nitrogens with zero attached hydrogens (tertiary/aromatic N) is 2. The van der Waals surface area contributed by atoms with Crippen LogP contribution in [0.15, 0.2) is 0 Å². The van der Waals surface area contributed by atoms with Crippen LogP contribution in [-0.4, -0.2) is 65.7 Å². The number of amides is 2. The molecule has 7 heteroatoms. The van der Waals surface area contributed by atoms with Crippen molar-refractivity contribution in [3.63, 3.8) is 0 Å². The molecule has 0 aromatic rings. The number of carboxylic acids is 1. The molecule has 1 fully saturated rings. The normalized spacial score (nSPS) is 15.9. The van der Waals surface area contributed by atoms with Gasteiger partial charge in [0, 0.05) is 25.6 Å². The number of likely N-dealkylation sites (tertiary alicyclic amines) is 1. The highest BCUT2D eigenvalue weighted by atomic mass is 16.5. The van der Waals surface area contributed by atoms with Crippen molar-refractivity contribution >= 4 is 18.0 Å². The van der Waals surface area contributed by atoms with Gasteiger partial charge in [0.05, 0.1) is 7.11 Å². The van der Waals surface area contributed by atoms with E-state index in [1.807, 2.05) is 13.8 Å². The summed E-state index contributed by atoms with van der Waals surface area (Å²) in [6, 6.07) is -0.294. The van der Waals surface area contributed by atoms with E-state index in [9.17, 15) is 14.4 Å². The van der Waals surface area contributed by atoms with Gasteiger partial charge < -0.3 is 19.6 Å². The number of urea groups is 1. The van der Waals surface area contributed by atoms with Gasteiger partial charge in [0.2, 0.25) is 0 Å². The highest BCUT2D eigenvalue weighted by Gasteiger charge is 2.29. The van der Waals surface area contributed by atoms with E-state index in [-0.39, 0.29) is 31.0 Å². The summed E-state index contributed by atoms with van der Waals surface area (Å²) < 4.78 is 4.61. The van der Waals surface area contributed by atoms with Crippen LogP contribution < -0.4 is 0 Å². The van der Waals surface area contributed by atoms with Crippen molar-refractivity contribution in [3.05, 3.63) is 0 Å². The van der Waals surface area contributed by atoms with Crippen LogP contribution in [0.1, 0.15) is 33.1 Å². The number of aliphatic carboxylic acids is 1. The van der Waals surface area contributed by atoms with Gasteiger partial charge in [-0.05, 0) is 32.6 Å². The van der Waals surface area contributed by atoms with E-state index in [1.165, 1.54) is 12.0 Å². The zero-order valence-corrected chi connectivity index (χ0v) is 12.9. The van der Waals surface area contributed by atoms with E-state index in [2.05, 4.69) is 4.74 Å². The molecule has 0 atom stereocenters. The Kier molecular flexibility index (Phi) is 6.45. The van der Waals surface area contributed by atoms with E-state index >= 15 is 0 Å². The minimum absolute atomic E-state index is 0.0674. The number of carboxylic acid groups (broad SMARTS) is 1. The molecule has 0 radical (unpaired) electrons. The number of rotatable bonds is 5. The summed E-state index contributed by atoms with van der Waals surface area (Å²) in [5.74, 6) is -1.12. The van der Waals surface area contributed by atoms with Crippen LogP contribution >= 0.6 is 0 Å². The van der Waals surface area contributed by atoms with E-state index in [1.54, 1.807) is 4.90 Å². The van der Waals surface area contributed by atoms with Crippen molar-refractivity contribution in [2.75, 3.05) is 26.7 Å². The summed E-state index contributed by atoms with van der Waals surface area (Å²) in [5.41, 5.74) is 0. The average Bonchev–Trinajstić information content (AvgIpc) is 2.43. The Balaban J connectivity index is 2.57. The molecule has 1 rings (SSSR count). The third-order valence-electron chi connectivity index (χ3n) is 3.74. The van der Waals surface area contributed by atoms with Crippen molar-refractivity contribution < 1.29 is 24.2 Å². The third kappa shape index (κ3) is 5.24. The molecular formula is C14H24N2O5. The summed E-state index contributed by atoms with van der Waals surface area (Å²) in [7, 11) is 1.29. The third-order valence-corrected chi connectivity index (χ3v) is 3.74. The lowest BCUT2D eigenvalue weighted by atomic mass is 9.94. The zero-order valence-electron chi connectivity index (χ0n) is 12.9. The highest BCUT2D eigenvalue weighted by Crippen LogP contribution is 2.21. The molecule has 0 unspecified atom stereocenters. The lowest BCUT2D eigenvalue weighted by Gasteiger charge is -2.36. The Morgan fingerprint density at radius 2 is 1.86 bits per heavy atom. The molecule has 1 aliphatic rings. The predicted molar refractivity (Wildman–Crippen MR) is 75.8 cm³/mol. The van der Waals surface area contributed by atoms with E-state index in [4.69, 9.17) is 5.11 Å². The molecule has 2 amide bonds. The minimum atomic E-state index is -0.797. The molecular weight excluding hydrogens is 276 g/mol. The first-order valence-corrected chi connectivity index (χ1v) is 7.19. The summed E-state index contributed by atoms with van der Waals surface area (Å²) in [4.78, 5) is 37.7. The topological polar surface area (TPSA) is 87.2 Å². The molecule has 0 aliphatic carbocycles. The number of methoxy groups -OCH3 is 1. The van der Waals surface area contributed by atoms with Gasteiger partial charge in [-0.1, -0.05) is 0 Å². The van der Waals surface area contributed by atoms with E-state index < -0.39 is 11.9 Å². The van der Waals surface area contributed by atoms with Gasteiger partial charge in [0.25, 0.3) is 0 Å². The largest absolute Gasteiger partial charge is 0.481 e. The lowest BCUT2D eigenvalue weighted by molar-refractivity contribution is -0.142. The number of piperidine rings is 1. The summed E-state index contributed by atoms with van der Waals surface area (Å²) in [5, 5.41) is 8.79. The Morgan fingerprint density at radius 1 is 1.29 bits per heavy atom. The predicted octanol–water partition coefficient (Wildman–Crippen LogP) is 1.18. The van der Waals surface area contributed by atoms with Gasteiger partial charge in [-0.2, -0.15) is 0 Å². The van der Waals surface area contributed by atoms with Crippen molar-refractivity contribution in [1.82, 2.24) is 9.80 Å². The van der Waals surface area contributed by atoms with Crippen LogP contribution in [-0.2, 0) is 14.3 Å². The van der Waals surface area contributed by atoms with Gasteiger partial charge in [0.15, 0.2) is 0 Å². The lowest BCUT2D eigenvalue weighted by Crippen LogP contribution is -2.51. The number of esters is 1. The fourth-order valence-corrected chi connectivity index (χ4v) is 2.43. The smallest absolute Gasteiger partial charge is 0.325 e. The number of carbonyl (C=O) groups is 3. The maximum Gasteiger partial charge on any atom is 0.325 e. The standard InChI is InChI=1S/C14H24N2O5/c1-10(2)16(9-13(19)21-3)14(20)15-6-4-11(5-7-15)8-12(17)18/h10-11H,4-9H2,1-3H3,(H,17,18). The first-order valence-electron chi connectivity index (χ1n) is 7.19. The zero-order chi connectivity index (χ0) is 16.0. The molecule has 1 saturated heterocycles. The van der Waals surface area contributed by atoms with E-state index in [0.717, 1.165) is 0 Å². The second-order valence-electron chi connectivity index (χ2n) is 5.61. The first kappa shape index (κ1) is 17.3. The molecule has 0 saturated carbocycles. The van der Waals surface area contributed by atoms with E-state index in [0.29, 0.717) is 25.9 Å². The van der Waals surface area contributed by atoms with Gasteiger partial charge >= 0.3 is 18.0 Å². The molecule has 1 aliphatic heterocycles. The van der Waals surface area contributed by atoms with Gasteiger partial charge in [0.1, 0.15) is 6.54 Å². The summed E-state index contributed by atoms with van der Waals surface area (Å²) >= 11 is 0. The molecule has 0 aromatic carbocycles. The maximum atomic E-state index is 12.4. The van der Waals surface area contributed by atoms with Gasteiger partial charge in [-0.25, -0.2) is 4.79 Å². The Morgan fingerprint density at radius 3 is 2.29 bits per heavy atom. The molecule has 0 bridgehead atoms. The van der Waals surface area contributed by atoms with Crippen molar-refractivity contribution in [3.8, 4) is 0 Å². The summed E-state index contributed by atoms with van der Waals surface area (Å²) in [6.07, 6.45) is 1.52. The van der Waals surface area contributed by atoms with Crippen molar-refractivity contribution in [2.24, 2.45) is 5.92 Å². The second kappa shape index (κ2) is 7.85. The first-order chi connectivity index (χ1) is 9.85. The molecule has 0 aromatic heterocycles. The SMILES string of the molecule is COC(=O)CN(C(=O)N1CCC(CC(=O)O)CC1)C(C)C. The Bertz CT molecular complexity index is 389. The number of hydrogen-bond acceptors (Lipinski definition) is 4. The second-order valence-corrected chi connectivity index (χ2v) is 5.61. The number of ether oxygens (including phenoxy) is 1. The molecule has 21 heavy (non-hydrogen) atoms.